The molecule has 1 aromatic heterocycles. The van der Waals surface area contributed by atoms with Crippen LogP contribution in [-0.4, -0.2) is 30.0 Å². The van der Waals surface area contributed by atoms with Gasteiger partial charge < -0.3 is 10.1 Å². The Bertz CT molecular complexity index is 338. The number of rotatable bonds is 7. The highest BCUT2D eigenvalue weighted by atomic mass is 79.9. The normalized spacial score (nSPS) is 13.3. The van der Waals surface area contributed by atoms with Gasteiger partial charge in [0, 0.05) is 7.11 Å². The van der Waals surface area contributed by atoms with Gasteiger partial charge in [0.1, 0.15) is 0 Å². The van der Waals surface area contributed by atoms with Crippen molar-refractivity contribution in [3.05, 3.63) is 16.4 Å². The van der Waals surface area contributed by atoms with Crippen LogP contribution in [0.15, 0.2) is 10.7 Å². The van der Waals surface area contributed by atoms with Crippen molar-refractivity contribution in [2.24, 2.45) is 5.92 Å². The van der Waals surface area contributed by atoms with Gasteiger partial charge in [-0.3, -0.25) is 4.68 Å². The van der Waals surface area contributed by atoms with Crippen molar-refractivity contribution in [3.63, 3.8) is 0 Å². The van der Waals surface area contributed by atoms with Crippen LogP contribution in [0.3, 0.4) is 0 Å². The van der Waals surface area contributed by atoms with Gasteiger partial charge in [0.2, 0.25) is 0 Å². The Morgan fingerprint density at radius 1 is 1.53 bits per heavy atom. The third-order valence-electron chi connectivity index (χ3n) is 2.73. The minimum Gasteiger partial charge on any atom is -0.383 e. The average Bonchev–Trinajstić information content (AvgIpc) is 2.64. The highest BCUT2D eigenvalue weighted by Crippen LogP contribution is 2.28. The van der Waals surface area contributed by atoms with E-state index in [1.165, 1.54) is 5.69 Å². The zero-order chi connectivity index (χ0) is 12.8. The van der Waals surface area contributed by atoms with Crippen LogP contribution in [0, 0.1) is 5.92 Å². The Morgan fingerprint density at radius 2 is 2.24 bits per heavy atom. The lowest BCUT2D eigenvalue weighted by Gasteiger charge is -2.23. The number of hydrogen-bond donors (Lipinski definition) is 1. The van der Waals surface area contributed by atoms with Gasteiger partial charge >= 0.3 is 0 Å². The van der Waals surface area contributed by atoms with Gasteiger partial charge in [0.05, 0.1) is 35.6 Å². The summed E-state index contributed by atoms with van der Waals surface area (Å²) in [7, 11) is 1.71. The van der Waals surface area contributed by atoms with Gasteiger partial charge in [-0.2, -0.15) is 5.10 Å². The molecule has 0 radical (unpaired) electrons. The third-order valence-corrected chi connectivity index (χ3v) is 3.34. The lowest BCUT2D eigenvalue weighted by atomic mass is 10.0. The summed E-state index contributed by atoms with van der Waals surface area (Å²) in [6.45, 7) is 8.97. The number of methoxy groups -OCH3 is 1. The molecule has 0 bridgehead atoms. The van der Waals surface area contributed by atoms with Crippen molar-refractivity contribution in [1.82, 2.24) is 15.1 Å². The van der Waals surface area contributed by atoms with Crippen LogP contribution in [0.1, 0.15) is 32.5 Å². The minimum atomic E-state index is 0.314. The number of halogens is 1. The fourth-order valence-electron chi connectivity index (χ4n) is 1.91. The fourth-order valence-corrected chi connectivity index (χ4v) is 2.45. The van der Waals surface area contributed by atoms with Crippen LogP contribution in [-0.2, 0) is 11.3 Å². The van der Waals surface area contributed by atoms with Gasteiger partial charge in [0.15, 0.2) is 0 Å². The van der Waals surface area contributed by atoms with Crippen LogP contribution < -0.4 is 5.32 Å². The highest BCUT2D eigenvalue weighted by molar-refractivity contribution is 9.10. The molecule has 1 unspecified atom stereocenters. The van der Waals surface area contributed by atoms with Gasteiger partial charge in [-0.05, 0) is 28.4 Å². The van der Waals surface area contributed by atoms with Gasteiger partial charge in [-0.1, -0.05) is 20.8 Å². The number of aromatic nitrogens is 2. The Balaban J connectivity index is 2.95. The molecule has 0 saturated carbocycles. The van der Waals surface area contributed by atoms with Crippen LogP contribution in [0.5, 0.6) is 0 Å². The number of hydrogen-bond acceptors (Lipinski definition) is 3. The summed E-state index contributed by atoms with van der Waals surface area (Å²) in [4.78, 5) is 0. The number of ether oxygens (including phenoxy) is 1. The molecule has 1 rings (SSSR count). The zero-order valence-corrected chi connectivity index (χ0v) is 12.6. The summed E-state index contributed by atoms with van der Waals surface area (Å²) < 4.78 is 8.19. The zero-order valence-electron chi connectivity index (χ0n) is 11.0. The second-order valence-corrected chi connectivity index (χ2v) is 5.23. The molecule has 4 nitrogen and oxygen atoms in total. The van der Waals surface area contributed by atoms with E-state index in [-0.39, 0.29) is 0 Å². The summed E-state index contributed by atoms with van der Waals surface area (Å²) in [5.74, 6) is 0.518. The molecule has 0 aliphatic rings. The molecule has 1 atom stereocenters. The molecule has 0 fully saturated rings. The second kappa shape index (κ2) is 7.13. The van der Waals surface area contributed by atoms with Crippen LogP contribution in [0.2, 0.25) is 0 Å². The molecule has 0 amide bonds. The summed E-state index contributed by atoms with van der Waals surface area (Å²) in [5.41, 5.74) is 1.21. The first-order valence-electron chi connectivity index (χ1n) is 6.05. The largest absolute Gasteiger partial charge is 0.383 e. The van der Waals surface area contributed by atoms with Crippen molar-refractivity contribution in [2.45, 2.75) is 33.4 Å². The SMILES string of the molecule is CCNC(c1c(Br)cnn1CCOC)C(C)C. The van der Waals surface area contributed by atoms with Crippen molar-refractivity contribution in [1.29, 1.82) is 0 Å². The van der Waals surface area contributed by atoms with E-state index in [1.54, 1.807) is 7.11 Å². The molecular formula is C12H22BrN3O. The van der Waals surface area contributed by atoms with E-state index < -0.39 is 0 Å². The predicted octanol–water partition coefficient (Wildman–Crippen LogP) is 2.60. The van der Waals surface area contributed by atoms with Crippen molar-refractivity contribution >= 4 is 15.9 Å². The predicted molar refractivity (Wildman–Crippen MR) is 73.1 cm³/mol. The van der Waals surface area contributed by atoms with E-state index in [9.17, 15) is 0 Å². The smallest absolute Gasteiger partial charge is 0.0699 e. The van der Waals surface area contributed by atoms with Crippen LogP contribution >= 0.6 is 15.9 Å². The van der Waals surface area contributed by atoms with Crippen molar-refractivity contribution < 1.29 is 4.74 Å². The van der Waals surface area contributed by atoms with Crippen molar-refractivity contribution in [2.75, 3.05) is 20.3 Å². The van der Waals surface area contributed by atoms with Crippen molar-refractivity contribution in [3.8, 4) is 0 Å². The van der Waals surface area contributed by atoms with E-state index in [2.05, 4.69) is 47.1 Å². The maximum absolute atomic E-state index is 5.11. The molecule has 17 heavy (non-hydrogen) atoms. The molecule has 1 aromatic rings. The Kier molecular flexibility index (Phi) is 6.16. The lowest BCUT2D eigenvalue weighted by molar-refractivity contribution is 0.181. The Morgan fingerprint density at radius 3 is 2.76 bits per heavy atom. The molecule has 1 N–H and O–H groups in total. The topological polar surface area (TPSA) is 39.1 Å². The van der Waals surface area contributed by atoms with Gasteiger partial charge in [-0.25, -0.2) is 0 Å². The summed E-state index contributed by atoms with van der Waals surface area (Å²) in [6.07, 6.45) is 1.86. The monoisotopic (exact) mass is 303 g/mol. The lowest BCUT2D eigenvalue weighted by Crippen LogP contribution is -2.28. The molecular weight excluding hydrogens is 282 g/mol. The molecule has 0 aromatic carbocycles. The first-order valence-corrected chi connectivity index (χ1v) is 6.84. The summed E-state index contributed by atoms with van der Waals surface area (Å²) in [5, 5.41) is 7.90. The Labute approximate surface area is 112 Å². The van der Waals surface area contributed by atoms with E-state index in [0.29, 0.717) is 18.6 Å². The van der Waals surface area contributed by atoms with Crippen LogP contribution in [0.25, 0.3) is 0 Å². The van der Waals surface area contributed by atoms with E-state index in [4.69, 9.17) is 4.74 Å². The summed E-state index contributed by atoms with van der Waals surface area (Å²) in [6, 6.07) is 0.314. The standard InChI is InChI=1S/C12H22BrN3O/c1-5-14-11(9(2)3)12-10(13)8-15-16(12)6-7-17-4/h8-9,11,14H,5-7H2,1-4H3. The average molecular weight is 304 g/mol. The maximum atomic E-state index is 5.11. The maximum Gasteiger partial charge on any atom is 0.0699 e. The molecule has 98 valence electrons. The van der Waals surface area contributed by atoms with E-state index in [0.717, 1.165) is 17.6 Å². The fraction of sp³-hybridized carbons (Fsp3) is 0.750. The second-order valence-electron chi connectivity index (χ2n) is 4.37. The number of nitrogens with one attached hydrogen (secondary N) is 1. The quantitative estimate of drug-likeness (QED) is 0.841. The molecule has 0 spiro atoms. The third kappa shape index (κ3) is 3.79. The first-order chi connectivity index (χ1) is 8.11. The van der Waals surface area contributed by atoms with E-state index >= 15 is 0 Å². The molecule has 0 aliphatic carbocycles. The summed E-state index contributed by atoms with van der Waals surface area (Å²) >= 11 is 3.58. The molecule has 5 heteroatoms. The highest BCUT2D eigenvalue weighted by Gasteiger charge is 2.22. The minimum absolute atomic E-state index is 0.314. The van der Waals surface area contributed by atoms with Crippen LogP contribution in [0.4, 0.5) is 0 Å². The molecule has 0 aliphatic heterocycles. The first kappa shape index (κ1) is 14.7. The van der Waals surface area contributed by atoms with E-state index in [1.807, 2.05) is 10.9 Å². The van der Waals surface area contributed by atoms with Gasteiger partial charge in [0.25, 0.3) is 0 Å². The number of nitrogens with zero attached hydrogens (tertiary/aromatic N) is 2. The van der Waals surface area contributed by atoms with Gasteiger partial charge in [-0.15, -0.1) is 0 Å². The molecule has 1 heterocycles. The molecule has 0 saturated heterocycles. The Hall–Kier alpha value is -0.390.